The Kier molecular flexibility index (Phi) is 32.3. The molecule has 236 valence electrons. The Morgan fingerprint density at radius 1 is 0.308 bits per heavy atom. The summed E-state index contributed by atoms with van der Waals surface area (Å²) in [5.41, 5.74) is 0. The number of hydrogen-bond acceptors (Lipinski definition) is 8. The van der Waals surface area contributed by atoms with E-state index in [1.165, 1.54) is 64.2 Å². The first-order valence-corrected chi connectivity index (χ1v) is 19.1. The summed E-state index contributed by atoms with van der Waals surface area (Å²) in [6, 6.07) is 0. The van der Waals surface area contributed by atoms with Gasteiger partial charge < -0.3 is 37.6 Å². The summed E-state index contributed by atoms with van der Waals surface area (Å²) in [7, 11) is -1.44. The summed E-state index contributed by atoms with van der Waals surface area (Å²) < 4.78 is 44.4. The van der Waals surface area contributed by atoms with Gasteiger partial charge >= 0.3 is 0 Å². The molecule has 0 aliphatic rings. The highest BCUT2D eigenvalue weighted by Crippen LogP contribution is 2.11. The Balaban J connectivity index is 3.04. The Bertz CT molecular complexity index is 451. The lowest BCUT2D eigenvalue weighted by Crippen LogP contribution is -2.27. The van der Waals surface area contributed by atoms with Gasteiger partial charge in [0.2, 0.25) is 0 Å². The summed E-state index contributed by atoms with van der Waals surface area (Å²) in [5, 5.41) is 0. The van der Waals surface area contributed by atoms with Crippen molar-refractivity contribution < 1.29 is 37.6 Å². The van der Waals surface area contributed by atoms with Crippen molar-refractivity contribution in [2.45, 2.75) is 97.2 Å². The zero-order valence-corrected chi connectivity index (χ0v) is 27.2. The molecule has 0 aromatic carbocycles. The molecule has 0 heterocycles. The molecule has 0 bridgehead atoms. The van der Waals surface area contributed by atoms with Gasteiger partial charge in [0, 0.05) is 6.61 Å². The molecule has 0 fully saturated rings. The van der Waals surface area contributed by atoms with Gasteiger partial charge in [-0.25, -0.2) is 0 Å². The van der Waals surface area contributed by atoms with Crippen LogP contribution >= 0.6 is 0 Å². The molecule has 0 saturated carbocycles. The standard InChI is InChI=1S/C30H64O8Si/c1-5-6-7-8-9-10-11-12-13-14-15-16-31-17-18-32-19-20-33-21-22-34-23-24-35-25-26-36-27-28-37-29-30-38-39(2,3)4/h5-30H2,1-4H3. The fraction of sp³-hybridized carbons (Fsp3) is 1.00. The van der Waals surface area contributed by atoms with E-state index in [-0.39, 0.29) is 0 Å². The lowest BCUT2D eigenvalue weighted by atomic mass is 10.1. The van der Waals surface area contributed by atoms with Gasteiger partial charge in [0.25, 0.3) is 0 Å². The van der Waals surface area contributed by atoms with Crippen LogP contribution in [0, 0.1) is 0 Å². The lowest BCUT2D eigenvalue weighted by Gasteiger charge is -2.16. The predicted octanol–water partition coefficient (Wildman–Crippen LogP) is 6.27. The minimum Gasteiger partial charge on any atom is -0.415 e. The van der Waals surface area contributed by atoms with Crippen molar-refractivity contribution in [1.82, 2.24) is 0 Å². The van der Waals surface area contributed by atoms with Gasteiger partial charge in [0.15, 0.2) is 8.32 Å². The third-order valence-electron chi connectivity index (χ3n) is 5.89. The minimum atomic E-state index is -1.44. The molecule has 0 aliphatic carbocycles. The van der Waals surface area contributed by atoms with Crippen molar-refractivity contribution in [2.24, 2.45) is 0 Å². The number of unbranched alkanes of at least 4 members (excludes halogenated alkanes) is 10. The summed E-state index contributed by atoms with van der Waals surface area (Å²) in [5.74, 6) is 0. The first-order chi connectivity index (χ1) is 19.1. The van der Waals surface area contributed by atoms with Crippen molar-refractivity contribution in [2.75, 3.05) is 99.1 Å². The van der Waals surface area contributed by atoms with Gasteiger partial charge in [0.1, 0.15) is 0 Å². The van der Waals surface area contributed by atoms with E-state index >= 15 is 0 Å². The lowest BCUT2D eigenvalue weighted by molar-refractivity contribution is -0.0213. The van der Waals surface area contributed by atoms with Crippen molar-refractivity contribution in [3.8, 4) is 0 Å². The third-order valence-corrected chi connectivity index (χ3v) is 6.96. The average molecular weight is 581 g/mol. The fourth-order valence-corrected chi connectivity index (χ4v) is 4.39. The number of ether oxygens (including phenoxy) is 7. The fourth-order valence-electron chi connectivity index (χ4n) is 3.70. The number of rotatable bonds is 34. The van der Waals surface area contributed by atoms with E-state index in [0.29, 0.717) is 92.5 Å². The smallest absolute Gasteiger partial charge is 0.183 e. The van der Waals surface area contributed by atoms with E-state index in [0.717, 1.165) is 13.0 Å². The van der Waals surface area contributed by atoms with Gasteiger partial charge in [-0.15, -0.1) is 0 Å². The van der Waals surface area contributed by atoms with Crippen molar-refractivity contribution in [1.29, 1.82) is 0 Å². The van der Waals surface area contributed by atoms with Crippen LogP contribution in [0.2, 0.25) is 19.6 Å². The van der Waals surface area contributed by atoms with Gasteiger partial charge in [-0.05, 0) is 26.1 Å². The van der Waals surface area contributed by atoms with E-state index < -0.39 is 8.32 Å². The molecule has 0 aromatic rings. The Morgan fingerprint density at radius 3 is 0.872 bits per heavy atom. The van der Waals surface area contributed by atoms with Crippen LogP contribution in [0.1, 0.15) is 77.6 Å². The van der Waals surface area contributed by atoms with Crippen LogP contribution in [0.15, 0.2) is 0 Å². The van der Waals surface area contributed by atoms with E-state index in [1.807, 2.05) is 0 Å². The highest BCUT2D eigenvalue weighted by Gasteiger charge is 2.13. The van der Waals surface area contributed by atoms with Crippen LogP contribution in [0.25, 0.3) is 0 Å². The molecule has 0 amide bonds. The van der Waals surface area contributed by atoms with Crippen molar-refractivity contribution in [3.05, 3.63) is 0 Å². The Labute approximate surface area is 242 Å². The molecule has 0 radical (unpaired) electrons. The van der Waals surface area contributed by atoms with Crippen LogP contribution in [-0.4, -0.2) is 107 Å². The first-order valence-electron chi connectivity index (χ1n) is 15.7. The normalized spacial score (nSPS) is 12.0. The summed E-state index contributed by atoms with van der Waals surface area (Å²) in [4.78, 5) is 0. The van der Waals surface area contributed by atoms with E-state index in [2.05, 4.69) is 26.6 Å². The van der Waals surface area contributed by atoms with Crippen LogP contribution in [0.4, 0.5) is 0 Å². The topological polar surface area (TPSA) is 73.8 Å². The average Bonchev–Trinajstić information content (AvgIpc) is 2.90. The molecular formula is C30H64O8Si. The van der Waals surface area contributed by atoms with Crippen LogP contribution < -0.4 is 0 Å². The molecule has 8 nitrogen and oxygen atoms in total. The maximum absolute atomic E-state index is 5.72. The second kappa shape index (κ2) is 32.4. The van der Waals surface area contributed by atoms with Crippen LogP contribution in [-0.2, 0) is 37.6 Å². The van der Waals surface area contributed by atoms with E-state index in [4.69, 9.17) is 37.6 Å². The molecule has 0 saturated heterocycles. The predicted molar refractivity (Wildman–Crippen MR) is 161 cm³/mol. The van der Waals surface area contributed by atoms with Gasteiger partial charge in [-0.3, -0.25) is 0 Å². The van der Waals surface area contributed by atoms with Gasteiger partial charge in [0.05, 0.1) is 92.5 Å². The molecule has 0 N–H and O–H groups in total. The molecule has 0 aromatic heterocycles. The maximum Gasteiger partial charge on any atom is 0.183 e. The SMILES string of the molecule is CCCCCCCCCCCCCOCCOCCOCCOCCOCCOCCOCCO[Si](C)(C)C. The van der Waals surface area contributed by atoms with Crippen LogP contribution in [0.5, 0.6) is 0 Å². The monoisotopic (exact) mass is 580 g/mol. The highest BCUT2D eigenvalue weighted by molar-refractivity contribution is 6.69. The molecular weight excluding hydrogens is 516 g/mol. The van der Waals surface area contributed by atoms with Crippen molar-refractivity contribution in [3.63, 3.8) is 0 Å². The molecule has 0 rings (SSSR count). The summed E-state index contributed by atoms with van der Waals surface area (Å²) >= 11 is 0. The summed E-state index contributed by atoms with van der Waals surface area (Å²) in [6.45, 7) is 17.8. The molecule has 39 heavy (non-hydrogen) atoms. The second-order valence-electron chi connectivity index (χ2n) is 10.8. The van der Waals surface area contributed by atoms with E-state index in [1.54, 1.807) is 0 Å². The highest BCUT2D eigenvalue weighted by atomic mass is 28.4. The molecule has 0 unspecified atom stereocenters. The maximum atomic E-state index is 5.72. The van der Waals surface area contributed by atoms with Gasteiger partial charge in [-0.1, -0.05) is 71.1 Å². The molecule has 0 aliphatic heterocycles. The zero-order valence-electron chi connectivity index (χ0n) is 26.2. The largest absolute Gasteiger partial charge is 0.415 e. The quantitative estimate of drug-likeness (QED) is 0.0652. The second-order valence-corrected chi connectivity index (χ2v) is 15.3. The zero-order chi connectivity index (χ0) is 28.5. The van der Waals surface area contributed by atoms with E-state index in [9.17, 15) is 0 Å². The summed E-state index contributed by atoms with van der Waals surface area (Å²) in [6.07, 6.45) is 14.9. The number of hydrogen-bond donors (Lipinski definition) is 0. The van der Waals surface area contributed by atoms with Crippen LogP contribution in [0.3, 0.4) is 0 Å². The molecule has 0 spiro atoms. The van der Waals surface area contributed by atoms with Gasteiger partial charge in [-0.2, -0.15) is 0 Å². The molecule has 9 heteroatoms. The first kappa shape index (κ1) is 38.9. The van der Waals surface area contributed by atoms with Crippen molar-refractivity contribution >= 4 is 8.32 Å². The Morgan fingerprint density at radius 2 is 0.564 bits per heavy atom. The minimum absolute atomic E-state index is 0.552. The third kappa shape index (κ3) is 37.9. The molecule has 0 atom stereocenters. The Hall–Kier alpha value is -0.103.